The average Bonchev–Trinajstić information content (AvgIpc) is 2.43. The third-order valence-corrected chi connectivity index (χ3v) is 3.50. The topological polar surface area (TPSA) is 68.1 Å². The number of nitrogen functional groups attached to an aromatic ring is 1. The van der Waals surface area contributed by atoms with Crippen LogP contribution >= 0.6 is 23.2 Å². The van der Waals surface area contributed by atoms with Crippen molar-refractivity contribution in [3.05, 3.63) is 62.9 Å². The number of fused-ring (bicyclic) bond motifs is 1. The molecule has 3 N–H and O–H groups in total. The molecule has 0 saturated carbocycles. The molecule has 0 radical (unpaired) electrons. The number of anilines is 1. The Balaban J connectivity index is 2.02. The molecule has 1 aromatic heterocycles. The minimum atomic E-state index is -0.152. The van der Waals surface area contributed by atoms with Crippen LogP contribution in [-0.2, 0) is 0 Å². The van der Waals surface area contributed by atoms with Crippen molar-refractivity contribution in [2.75, 3.05) is 5.73 Å². The zero-order valence-electron chi connectivity index (χ0n) is 10.7. The fraction of sp³-hybridized carbons (Fsp3) is 0. The monoisotopic (exact) mass is 320 g/mol. The second-order valence-electron chi connectivity index (χ2n) is 4.49. The first kappa shape index (κ1) is 13.8. The molecule has 0 fully saturated rings. The first-order valence-corrected chi connectivity index (χ1v) is 6.84. The largest absolute Gasteiger partial charge is 0.454 e. The van der Waals surface area contributed by atoms with Gasteiger partial charge in [0.25, 0.3) is 0 Å². The number of ether oxygens (including phenoxy) is 1. The van der Waals surface area contributed by atoms with Crippen LogP contribution in [0.2, 0.25) is 10.0 Å². The van der Waals surface area contributed by atoms with Gasteiger partial charge in [-0.2, -0.15) is 0 Å². The molecule has 0 saturated heterocycles. The van der Waals surface area contributed by atoms with Gasteiger partial charge < -0.3 is 15.5 Å². The molecule has 2 aromatic carbocycles. The molecule has 6 heteroatoms. The summed E-state index contributed by atoms with van der Waals surface area (Å²) in [7, 11) is 0. The number of pyridine rings is 1. The third-order valence-electron chi connectivity index (χ3n) is 2.94. The zero-order valence-corrected chi connectivity index (χ0v) is 12.2. The van der Waals surface area contributed by atoms with Gasteiger partial charge in [0.15, 0.2) is 5.75 Å². The summed E-state index contributed by atoms with van der Waals surface area (Å²) in [6.07, 6.45) is 0. The SMILES string of the molecule is Nc1cc(Cl)c(Oc2ccc3[nH]c(=O)ccc3c2)c(Cl)c1. The summed E-state index contributed by atoms with van der Waals surface area (Å²) in [6, 6.07) is 11.6. The lowest BCUT2D eigenvalue weighted by atomic mass is 10.2. The van der Waals surface area contributed by atoms with Crippen molar-refractivity contribution in [1.29, 1.82) is 0 Å². The molecule has 0 aliphatic rings. The zero-order chi connectivity index (χ0) is 15.0. The van der Waals surface area contributed by atoms with Crippen LogP contribution < -0.4 is 16.0 Å². The van der Waals surface area contributed by atoms with Crippen molar-refractivity contribution in [1.82, 2.24) is 4.98 Å². The first-order chi connectivity index (χ1) is 10.0. The van der Waals surface area contributed by atoms with Gasteiger partial charge in [0.05, 0.1) is 10.0 Å². The predicted octanol–water partition coefficient (Wildman–Crippen LogP) is 4.21. The molecule has 106 valence electrons. The molecule has 1 heterocycles. The van der Waals surface area contributed by atoms with Gasteiger partial charge in [-0.25, -0.2) is 0 Å². The Hall–Kier alpha value is -2.17. The minimum absolute atomic E-state index is 0.152. The molecule has 0 amide bonds. The highest BCUT2D eigenvalue weighted by molar-refractivity contribution is 6.37. The quantitative estimate of drug-likeness (QED) is 0.695. The number of aromatic amines is 1. The minimum Gasteiger partial charge on any atom is -0.454 e. The maximum Gasteiger partial charge on any atom is 0.248 e. The fourth-order valence-electron chi connectivity index (χ4n) is 1.99. The van der Waals surface area contributed by atoms with Gasteiger partial charge in [0.1, 0.15) is 5.75 Å². The molecule has 0 aliphatic carbocycles. The van der Waals surface area contributed by atoms with E-state index in [1.54, 1.807) is 36.4 Å². The molecular weight excluding hydrogens is 311 g/mol. The number of hydrogen-bond acceptors (Lipinski definition) is 3. The number of nitrogens with two attached hydrogens (primary N) is 1. The van der Waals surface area contributed by atoms with E-state index in [4.69, 9.17) is 33.7 Å². The highest BCUT2D eigenvalue weighted by Gasteiger charge is 2.10. The van der Waals surface area contributed by atoms with E-state index < -0.39 is 0 Å². The van der Waals surface area contributed by atoms with E-state index in [1.165, 1.54) is 6.07 Å². The molecule has 0 spiro atoms. The highest BCUT2D eigenvalue weighted by Crippen LogP contribution is 2.38. The summed E-state index contributed by atoms with van der Waals surface area (Å²) in [5.41, 5.74) is 6.69. The second kappa shape index (κ2) is 5.31. The number of benzene rings is 2. The molecule has 4 nitrogen and oxygen atoms in total. The van der Waals surface area contributed by atoms with Crippen LogP contribution in [-0.4, -0.2) is 4.98 Å². The number of nitrogens with one attached hydrogen (secondary N) is 1. The molecule has 3 rings (SSSR count). The van der Waals surface area contributed by atoms with Crippen molar-refractivity contribution in [3.8, 4) is 11.5 Å². The predicted molar refractivity (Wildman–Crippen MR) is 85.5 cm³/mol. The summed E-state index contributed by atoms with van der Waals surface area (Å²) in [5, 5.41) is 1.51. The molecule has 21 heavy (non-hydrogen) atoms. The number of aromatic nitrogens is 1. The molecule has 0 unspecified atom stereocenters. The van der Waals surface area contributed by atoms with Crippen LogP contribution in [0.1, 0.15) is 0 Å². The summed E-state index contributed by atoms with van der Waals surface area (Å²) < 4.78 is 5.72. The van der Waals surface area contributed by atoms with Crippen LogP contribution in [0.5, 0.6) is 11.5 Å². The Labute approximate surface area is 130 Å². The Morgan fingerprint density at radius 2 is 1.71 bits per heavy atom. The molecule has 3 aromatic rings. The molecule has 0 bridgehead atoms. The number of rotatable bonds is 2. The van der Waals surface area contributed by atoms with Crippen molar-refractivity contribution < 1.29 is 4.74 Å². The lowest BCUT2D eigenvalue weighted by Crippen LogP contribution is -2.02. The van der Waals surface area contributed by atoms with Crippen LogP contribution in [0.15, 0.2) is 47.3 Å². The highest BCUT2D eigenvalue weighted by atomic mass is 35.5. The van der Waals surface area contributed by atoms with Gasteiger partial charge in [-0.3, -0.25) is 4.79 Å². The summed E-state index contributed by atoms with van der Waals surface area (Å²) >= 11 is 12.2. The van der Waals surface area contributed by atoms with E-state index in [0.29, 0.717) is 27.2 Å². The van der Waals surface area contributed by atoms with Gasteiger partial charge >= 0.3 is 0 Å². The van der Waals surface area contributed by atoms with Gasteiger partial charge in [-0.1, -0.05) is 23.2 Å². The Kier molecular flexibility index (Phi) is 3.49. The van der Waals surface area contributed by atoms with Gasteiger partial charge in [-0.05, 0) is 36.4 Å². The van der Waals surface area contributed by atoms with E-state index in [0.717, 1.165) is 10.9 Å². The smallest absolute Gasteiger partial charge is 0.248 e. The fourth-order valence-corrected chi connectivity index (χ4v) is 2.57. The van der Waals surface area contributed by atoms with E-state index in [1.807, 2.05) is 0 Å². The Morgan fingerprint density at radius 1 is 1.00 bits per heavy atom. The lowest BCUT2D eigenvalue weighted by Gasteiger charge is -2.11. The number of halogens is 2. The van der Waals surface area contributed by atoms with E-state index >= 15 is 0 Å². The number of hydrogen-bond donors (Lipinski definition) is 2. The maximum absolute atomic E-state index is 11.2. The molecule has 0 aliphatic heterocycles. The van der Waals surface area contributed by atoms with Crippen molar-refractivity contribution in [2.45, 2.75) is 0 Å². The van der Waals surface area contributed by atoms with Gasteiger partial charge in [-0.15, -0.1) is 0 Å². The van der Waals surface area contributed by atoms with Crippen molar-refractivity contribution in [2.24, 2.45) is 0 Å². The van der Waals surface area contributed by atoms with Gasteiger partial charge in [0.2, 0.25) is 5.56 Å². The maximum atomic E-state index is 11.2. The Morgan fingerprint density at radius 3 is 2.43 bits per heavy atom. The standard InChI is InChI=1S/C15H10Cl2N2O2/c16-11-6-9(18)7-12(17)15(11)21-10-2-3-13-8(5-10)1-4-14(20)19-13/h1-7H,18H2,(H,19,20). The van der Waals surface area contributed by atoms with Gasteiger partial charge in [0, 0.05) is 22.7 Å². The lowest BCUT2D eigenvalue weighted by molar-refractivity contribution is 0.484. The van der Waals surface area contributed by atoms with Crippen molar-refractivity contribution >= 4 is 39.8 Å². The van der Waals surface area contributed by atoms with Crippen LogP contribution in [0.3, 0.4) is 0 Å². The van der Waals surface area contributed by atoms with E-state index in [9.17, 15) is 4.79 Å². The average molecular weight is 321 g/mol. The van der Waals surface area contributed by atoms with E-state index in [-0.39, 0.29) is 5.56 Å². The molecular formula is C15H10Cl2N2O2. The normalized spacial score (nSPS) is 10.8. The third kappa shape index (κ3) is 2.82. The van der Waals surface area contributed by atoms with Crippen molar-refractivity contribution in [3.63, 3.8) is 0 Å². The summed E-state index contributed by atoms with van der Waals surface area (Å²) in [4.78, 5) is 14.0. The van der Waals surface area contributed by atoms with Crippen LogP contribution in [0.25, 0.3) is 10.9 Å². The first-order valence-electron chi connectivity index (χ1n) is 6.08. The number of H-pyrrole nitrogens is 1. The summed E-state index contributed by atoms with van der Waals surface area (Å²) in [6.45, 7) is 0. The van der Waals surface area contributed by atoms with Crippen LogP contribution in [0.4, 0.5) is 5.69 Å². The summed E-state index contributed by atoms with van der Waals surface area (Å²) in [5.74, 6) is 0.902. The Bertz CT molecular complexity index is 867. The van der Waals surface area contributed by atoms with Crippen LogP contribution in [0, 0.1) is 0 Å². The second-order valence-corrected chi connectivity index (χ2v) is 5.30. The molecule has 0 atom stereocenters. The van der Waals surface area contributed by atoms with E-state index in [2.05, 4.69) is 4.98 Å².